The zero-order chi connectivity index (χ0) is 19.4. The lowest BCUT2D eigenvalue weighted by molar-refractivity contribution is 0.0949. The van der Waals surface area contributed by atoms with E-state index in [0.717, 1.165) is 31.2 Å². The molecular weight excluding hydrogens is 366 g/mol. The fourth-order valence-electron chi connectivity index (χ4n) is 3.12. The van der Waals surface area contributed by atoms with E-state index < -0.39 is 10.0 Å². The summed E-state index contributed by atoms with van der Waals surface area (Å²) in [5.41, 5.74) is 1.70. The van der Waals surface area contributed by atoms with Crippen molar-refractivity contribution >= 4 is 15.9 Å². The molecule has 1 aromatic carbocycles. The first kappa shape index (κ1) is 19.3. The number of pyridine rings is 1. The second kappa shape index (κ2) is 8.06. The number of ether oxygens (including phenoxy) is 1. The minimum absolute atomic E-state index is 0.0927. The molecule has 0 atom stereocenters. The number of aryl methyl sites for hydroxylation is 1. The number of nitrogens with zero attached hydrogens (tertiary/aromatic N) is 1. The van der Waals surface area contributed by atoms with Crippen molar-refractivity contribution in [1.29, 1.82) is 0 Å². The molecule has 2 aromatic rings. The smallest absolute Gasteiger partial charge is 0.251 e. The Bertz CT molecular complexity index is 938. The summed E-state index contributed by atoms with van der Waals surface area (Å²) in [7, 11) is -3.87. The van der Waals surface area contributed by atoms with Crippen LogP contribution in [0.2, 0.25) is 0 Å². The van der Waals surface area contributed by atoms with Gasteiger partial charge < -0.3 is 10.1 Å². The van der Waals surface area contributed by atoms with Gasteiger partial charge in [-0.25, -0.2) is 18.5 Å². The largest absolute Gasteiger partial charge is 0.474 e. The summed E-state index contributed by atoms with van der Waals surface area (Å²) >= 11 is 0. The molecule has 0 unspecified atom stereocenters. The minimum atomic E-state index is -3.87. The van der Waals surface area contributed by atoms with Crippen molar-refractivity contribution in [2.45, 2.75) is 50.2 Å². The molecule has 1 saturated carbocycles. The van der Waals surface area contributed by atoms with Gasteiger partial charge in [-0.05, 0) is 56.4 Å². The van der Waals surface area contributed by atoms with Crippen molar-refractivity contribution < 1.29 is 17.9 Å². The summed E-state index contributed by atoms with van der Waals surface area (Å²) in [6, 6.07) is 7.88. The molecule has 0 aliphatic heterocycles. The van der Waals surface area contributed by atoms with E-state index in [9.17, 15) is 13.2 Å². The van der Waals surface area contributed by atoms with Crippen LogP contribution >= 0.6 is 0 Å². The molecule has 1 fully saturated rings. The number of carbonyl (C=O) groups is 1. The highest BCUT2D eigenvalue weighted by Gasteiger charge is 2.19. The summed E-state index contributed by atoms with van der Waals surface area (Å²) in [5.74, 6) is 0.147. The summed E-state index contributed by atoms with van der Waals surface area (Å²) in [6.07, 6.45) is 6.18. The van der Waals surface area contributed by atoms with Gasteiger partial charge in [-0.1, -0.05) is 12.1 Å². The summed E-state index contributed by atoms with van der Waals surface area (Å²) < 4.78 is 29.0. The van der Waals surface area contributed by atoms with E-state index in [0.29, 0.717) is 11.4 Å². The number of aromatic nitrogens is 1. The maximum atomic E-state index is 12.6. The lowest BCUT2D eigenvalue weighted by Crippen LogP contribution is -2.25. The highest BCUT2D eigenvalue weighted by atomic mass is 32.2. The van der Waals surface area contributed by atoms with Crippen LogP contribution < -0.4 is 15.2 Å². The third-order valence-electron chi connectivity index (χ3n) is 4.65. The Morgan fingerprint density at radius 2 is 2.04 bits per heavy atom. The molecule has 3 N–H and O–H groups in total. The molecule has 1 aliphatic carbocycles. The third-order valence-corrected chi connectivity index (χ3v) is 5.56. The quantitative estimate of drug-likeness (QED) is 0.787. The standard InChI is InChI=1S/C19H23N3O4S/c1-13-8-9-16(27(20,24)25)11-17(13)18(23)22-12-14-5-4-10-21-19(14)26-15-6-2-3-7-15/h4-5,8-11,15H,2-3,6-7,12H2,1H3,(H,22,23)(H2,20,24,25). The van der Waals surface area contributed by atoms with E-state index in [4.69, 9.17) is 9.88 Å². The zero-order valence-electron chi connectivity index (χ0n) is 15.1. The number of primary sulfonamides is 1. The Labute approximate surface area is 159 Å². The summed E-state index contributed by atoms with van der Waals surface area (Å²) in [4.78, 5) is 16.8. The molecule has 1 aromatic heterocycles. The van der Waals surface area contributed by atoms with Crippen molar-refractivity contribution in [3.63, 3.8) is 0 Å². The van der Waals surface area contributed by atoms with Gasteiger partial charge in [0.2, 0.25) is 15.9 Å². The van der Waals surface area contributed by atoms with Crippen molar-refractivity contribution in [3.05, 3.63) is 53.2 Å². The van der Waals surface area contributed by atoms with Gasteiger partial charge in [0.1, 0.15) is 6.10 Å². The lowest BCUT2D eigenvalue weighted by atomic mass is 10.1. The molecule has 0 bridgehead atoms. The molecule has 0 radical (unpaired) electrons. The molecule has 7 nitrogen and oxygen atoms in total. The molecule has 27 heavy (non-hydrogen) atoms. The topological polar surface area (TPSA) is 111 Å². The van der Waals surface area contributed by atoms with Gasteiger partial charge in [-0.15, -0.1) is 0 Å². The molecule has 1 aliphatic rings. The number of nitrogens with one attached hydrogen (secondary N) is 1. The molecule has 0 saturated heterocycles. The normalized spacial score (nSPS) is 14.9. The Hall–Kier alpha value is -2.45. The maximum Gasteiger partial charge on any atom is 0.251 e. The van der Waals surface area contributed by atoms with Crippen molar-refractivity contribution in [2.75, 3.05) is 0 Å². The highest BCUT2D eigenvalue weighted by molar-refractivity contribution is 7.89. The molecule has 1 heterocycles. The number of amides is 1. The first-order valence-corrected chi connectivity index (χ1v) is 10.4. The van der Waals surface area contributed by atoms with Crippen LogP contribution in [0.3, 0.4) is 0 Å². The predicted octanol–water partition coefficient (Wildman–Crippen LogP) is 2.29. The molecule has 3 rings (SSSR count). The average Bonchev–Trinajstić information content (AvgIpc) is 3.13. The minimum Gasteiger partial charge on any atom is -0.474 e. The van der Waals surface area contributed by atoms with Gasteiger partial charge in [-0.2, -0.15) is 0 Å². The lowest BCUT2D eigenvalue weighted by Gasteiger charge is -2.16. The Kier molecular flexibility index (Phi) is 5.76. The number of rotatable bonds is 6. The van der Waals surface area contributed by atoms with Crippen LogP contribution in [-0.2, 0) is 16.6 Å². The number of hydrogen-bond acceptors (Lipinski definition) is 5. The van der Waals surface area contributed by atoms with Gasteiger partial charge in [0.25, 0.3) is 5.91 Å². The fourth-order valence-corrected chi connectivity index (χ4v) is 3.66. The van der Waals surface area contributed by atoms with Gasteiger partial charge in [0.05, 0.1) is 4.90 Å². The molecule has 0 spiro atoms. The van der Waals surface area contributed by atoms with Crippen LogP contribution in [0.1, 0.15) is 47.2 Å². The number of benzene rings is 1. The summed E-state index contributed by atoms with van der Waals surface area (Å²) in [5, 5.41) is 7.96. The number of hydrogen-bond donors (Lipinski definition) is 2. The number of sulfonamides is 1. The van der Waals surface area contributed by atoms with E-state index in [1.54, 1.807) is 25.3 Å². The van der Waals surface area contributed by atoms with Crippen molar-refractivity contribution in [3.8, 4) is 5.88 Å². The van der Waals surface area contributed by atoms with Crippen molar-refractivity contribution in [1.82, 2.24) is 10.3 Å². The number of carbonyl (C=O) groups excluding carboxylic acids is 1. The second-order valence-corrected chi connectivity index (χ2v) is 8.26. The molecule has 8 heteroatoms. The first-order valence-electron chi connectivity index (χ1n) is 8.87. The van der Waals surface area contributed by atoms with Gasteiger partial charge in [0, 0.05) is 23.9 Å². The van der Waals surface area contributed by atoms with Crippen LogP contribution in [0.5, 0.6) is 5.88 Å². The Morgan fingerprint density at radius 3 is 2.74 bits per heavy atom. The third kappa shape index (κ3) is 4.84. The SMILES string of the molecule is Cc1ccc(S(N)(=O)=O)cc1C(=O)NCc1cccnc1OC1CCCC1. The van der Waals surface area contributed by atoms with Crippen LogP contribution in [0.25, 0.3) is 0 Å². The summed E-state index contributed by atoms with van der Waals surface area (Å²) in [6.45, 7) is 1.97. The Morgan fingerprint density at radius 1 is 1.30 bits per heavy atom. The molecular formula is C19H23N3O4S. The van der Waals surface area contributed by atoms with E-state index in [2.05, 4.69) is 10.3 Å². The maximum absolute atomic E-state index is 12.6. The second-order valence-electron chi connectivity index (χ2n) is 6.70. The predicted molar refractivity (Wildman–Crippen MR) is 101 cm³/mol. The van der Waals surface area contributed by atoms with Gasteiger partial charge in [0.15, 0.2) is 0 Å². The van der Waals surface area contributed by atoms with Crippen molar-refractivity contribution in [2.24, 2.45) is 5.14 Å². The zero-order valence-corrected chi connectivity index (χ0v) is 16.0. The van der Waals surface area contributed by atoms with E-state index in [1.807, 2.05) is 6.07 Å². The average molecular weight is 389 g/mol. The molecule has 1 amide bonds. The van der Waals surface area contributed by atoms with E-state index in [-0.39, 0.29) is 29.0 Å². The fraction of sp³-hybridized carbons (Fsp3) is 0.368. The van der Waals surface area contributed by atoms with Crippen LogP contribution in [0.15, 0.2) is 41.4 Å². The highest BCUT2D eigenvalue weighted by Crippen LogP contribution is 2.25. The van der Waals surface area contributed by atoms with Gasteiger partial charge >= 0.3 is 0 Å². The monoisotopic (exact) mass is 389 g/mol. The van der Waals surface area contributed by atoms with Crippen LogP contribution in [-0.4, -0.2) is 25.4 Å². The number of nitrogens with two attached hydrogens (primary N) is 1. The van der Waals surface area contributed by atoms with Crippen LogP contribution in [0, 0.1) is 6.92 Å². The van der Waals surface area contributed by atoms with E-state index in [1.165, 1.54) is 12.1 Å². The van der Waals surface area contributed by atoms with Gasteiger partial charge in [-0.3, -0.25) is 4.79 Å². The molecule has 144 valence electrons. The first-order chi connectivity index (χ1) is 12.8. The van der Waals surface area contributed by atoms with E-state index >= 15 is 0 Å². The van der Waals surface area contributed by atoms with Crippen LogP contribution in [0.4, 0.5) is 0 Å². The Balaban J connectivity index is 1.73.